The van der Waals surface area contributed by atoms with Gasteiger partial charge in [0.2, 0.25) is 0 Å². The second kappa shape index (κ2) is 7.11. The van der Waals surface area contributed by atoms with E-state index in [0.717, 1.165) is 16.7 Å². The van der Waals surface area contributed by atoms with Gasteiger partial charge in [0.25, 0.3) is 11.1 Å². The van der Waals surface area contributed by atoms with Crippen LogP contribution >= 0.6 is 11.8 Å². The first-order valence-electron chi connectivity index (χ1n) is 6.85. The van der Waals surface area contributed by atoms with Gasteiger partial charge in [-0.15, -0.1) is 0 Å². The molecule has 0 aliphatic carbocycles. The van der Waals surface area contributed by atoms with Gasteiger partial charge in [0.1, 0.15) is 6.54 Å². The van der Waals surface area contributed by atoms with Crippen molar-refractivity contribution < 1.29 is 19.1 Å². The summed E-state index contributed by atoms with van der Waals surface area (Å²) in [4.78, 5) is 36.8. The summed E-state index contributed by atoms with van der Waals surface area (Å²) in [6.45, 7) is 2.99. The SMILES string of the molecule is CC(C)OC(=O)CN1C(=O)S/C(=C/c2ccc(C#N)cc2)C1=O. The Bertz CT molecular complexity index is 717. The first-order valence-corrected chi connectivity index (χ1v) is 7.67. The number of thioether (sulfide) groups is 1. The number of amides is 2. The fourth-order valence-electron chi connectivity index (χ4n) is 1.87. The molecule has 7 heteroatoms. The average molecular weight is 330 g/mol. The van der Waals surface area contributed by atoms with Crippen molar-refractivity contribution in [3.8, 4) is 6.07 Å². The molecule has 0 aromatic heterocycles. The largest absolute Gasteiger partial charge is 0.462 e. The van der Waals surface area contributed by atoms with Gasteiger partial charge < -0.3 is 4.74 Å². The number of carbonyl (C=O) groups is 3. The quantitative estimate of drug-likeness (QED) is 0.623. The molecule has 1 aromatic rings. The third-order valence-electron chi connectivity index (χ3n) is 2.87. The third-order valence-corrected chi connectivity index (χ3v) is 3.77. The molecule has 0 N–H and O–H groups in total. The number of benzene rings is 1. The maximum Gasteiger partial charge on any atom is 0.326 e. The van der Waals surface area contributed by atoms with Crippen molar-refractivity contribution in [2.24, 2.45) is 0 Å². The van der Waals surface area contributed by atoms with Gasteiger partial charge in [-0.2, -0.15) is 5.26 Å². The van der Waals surface area contributed by atoms with Crippen molar-refractivity contribution in [1.82, 2.24) is 4.90 Å². The molecule has 118 valence electrons. The molecule has 1 aliphatic rings. The van der Waals surface area contributed by atoms with E-state index in [1.807, 2.05) is 6.07 Å². The molecule has 6 nitrogen and oxygen atoms in total. The summed E-state index contributed by atoms with van der Waals surface area (Å²) in [6, 6.07) is 8.60. The highest BCUT2D eigenvalue weighted by molar-refractivity contribution is 8.18. The Kier molecular flexibility index (Phi) is 5.19. The Morgan fingerprint density at radius 1 is 1.35 bits per heavy atom. The van der Waals surface area contributed by atoms with Crippen molar-refractivity contribution in [3.63, 3.8) is 0 Å². The first-order chi connectivity index (χ1) is 10.9. The lowest BCUT2D eigenvalue weighted by atomic mass is 10.1. The van der Waals surface area contributed by atoms with E-state index in [-0.39, 0.29) is 11.0 Å². The number of ether oxygens (including phenoxy) is 1. The number of hydrogen-bond acceptors (Lipinski definition) is 6. The smallest absolute Gasteiger partial charge is 0.326 e. The molecule has 1 heterocycles. The Morgan fingerprint density at radius 3 is 2.57 bits per heavy atom. The summed E-state index contributed by atoms with van der Waals surface area (Å²) < 4.78 is 4.94. The number of esters is 1. The lowest BCUT2D eigenvalue weighted by molar-refractivity contribution is -0.149. The predicted molar refractivity (Wildman–Crippen MR) is 85.1 cm³/mol. The van der Waals surface area contributed by atoms with Crippen LogP contribution in [0.1, 0.15) is 25.0 Å². The Labute approximate surface area is 137 Å². The van der Waals surface area contributed by atoms with Crippen molar-refractivity contribution in [2.45, 2.75) is 20.0 Å². The monoisotopic (exact) mass is 330 g/mol. The van der Waals surface area contributed by atoms with Crippen molar-refractivity contribution in [1.29, 1.82) is 5.26 Å². The van der Waals surface area contributed by atoms with Crippen LogP contribution in [0.25, 0.3) is 6.08 Å². The minimum atomic E-state index is -0.623. The molecule has 2 amide bonds. The average Bonchev–Trinajstić information content (AvgIpc) is 2.75. The highest BCUT2D eigenvalue weighted by Gasteiger charge is 2.36. The molecule has 0 bridgehead atoms. The third kappa shape index (κ3) is 4.20. The van der Waals surface area contributed by atoms with Crippen molar-refractivity contribution in [2.75, 3.05) is 6.54 Å². The molecule has 23 heavy (non-hydrogen) atoms. The maximum atomic E-state index is 12.2. The highest BCUT2D eigenvalue weighted by Crippen LogP contribution is 2.32. The maximum absolute atomic E-state index is 12.2. The molecule has 0 spiro atoms. The number of carbonyl (C=O) groups excluding carboxylic acids is 3. The van der Waals surface area contributed by atoms with Gasteiger partial charge in [-0.3, -0.25) is 19.3 Å². The number of nitriles is 1. The van der Waals surface area contributed by atoms with Crippen LogP contribution in [0.2, 0.25) is 0 Å². The number of rotatable bonds is 4. The van der Waals surface area contributed by atoms with Crippen LogP contribution in [0.3, 0.4) is 0 Å². The van der Waals surface area contributed by atoms with Gasteiger partial charge in [-0.25, -0.2) is 0 Å². The van der Waals surface area contributed by atoms with E-state index in [1.54, 1.807) is 44.2 Å². The molecular formula is C16H14N2O4S. The van der Waals surface area contributed by atoms with Crippen LogP contribution in [0.4, 0.5) is 4.79 Å². The molecule has 0 atom stereocenters. The van der Waals surface area contributed by atoms with Gasteiger partial charge >= 0.3 is 5.97 Å². The Morgan fingerprint density at radius 2 is 2.00 bits per heavy atom. The molecular weight excluding hydrogens is 316 g/mol. The Balaban J connectivity index is 2.12. The van der Waals surface area contributed by atoms with Gasteiger partial charge in [0, 0.05) is 0 Å². The Hall–Kier alpha value is -2.59. The molecule has 1 aliphatic heterocycles. The fourth-order valence-corrected chi connectivity index (χ4v) is 2.71. The predicted octanol–water partition coefficient (Wildman–Crippen LogP) is 2.55. The van der Waals surface area contributed by atoms with E-state index < -0.39 is 23.7 Å². The summed E-state index contributed by atoms with van der Waals surface area (Å²) in [6.07, 6.45) is 1.25. The molecule has 2 rings (SSSR count). The van der Waals surface area contributed by atoms with Gasteiger partial charge in [0.15, 0.2) is 0 Å². The minimum absolute atomic E-state index is 0.233. The highest BCUT2D eigenvalue weighted by atomic mass is 32.2. The van der Waals surface area contributed by atoms with Crippen LogP contribution in [0, 0.1) is 11.3 Å². The van der Waals surface area contributed by atoms with Crippen molar-refractivity contribution >= 4 is 35.0 Å². The molecule has 0 radical (unpaired) electrons. The van der Waals surface area contributed by atoms with Crippen molar-refractivity contribution in [3.05, 3.63) is 40.3 Å². The summed E-state index contributed by atoms with van der Waals surface area (Å²) in [7, 11) is 0. The normalized spacial score (nSPS) is 16.1. The summed E-state index contributed by atoms with van der Waals surface area (Å²) in [5.74, 6) is -1.15. The van der Waals surface area contributed by atoms with Gasteiger partial charge in [-0.1, -0.05) is 12.1 Å². The van der Waals surface area contributed by atoms with Crippen LogP contribution in [-0.2, 0) is 14.3 Å². The molecule has 1 fully saturated rings. The molecule has 0 unspecified atom stereocenters. The second-order valence-corrected chi connectivity index (χ2v) is 6.03. The van der Waals surface area contributed by atoms with E-state index in [4.69, 9.17) is 10.00 Å². The van der Waals surface area contributed by atoms with Crippen LogP contribution in [-0.4, -0.2) is 34.7 Å². The van der Waals surface area contributed by atoms with Gasteiger partial charge in [0.05, 0.1) is 22.6 Å². The van der Waals surface area contributed by atoms with E-state index in [2.05, 4.69) is 0 Å². The first kappa shape index (κ1) is 16.8. The fraction of sp³-hybridized carbons (Fsp3) is 0.250. The molecule has 1 saturated heterocycles. The van der Waals surface area contributed by atoms with E-state index in [0.29, 0.717) is 11.1 Å². The zero-order chi connectivity index (χ0) is 17.0. The number of hydrogen-bond donors (Lipinski definition) is 0. The summed E-state index contributed by atoms with van der Waals surface area (Å²) in [5.41, 5.74) is 1.20. The van der Waals surface area contributed by atoms with Gasteiger partial charge in [-0.05, 0) is 49.4 Å². The van der Waals surface area contributed by atoms with E-state index in [9.17, 15) is 14.4 Å². The van der Waals surface area contributed by atoms with Crippen LogP contribution < -0.4 is 0 Å². The molecule has 0 saturated carbocycles. The zero-order valence-corrected chi connectivity index (χ0v) is 13.4. The van der Waals surface area contributed by atoms with E-state index in [1.165, 1.54) is 0 Å². The molecule has 1 aromatic carbocycles. The zero-order valence-electron chi connectivity index (χ0n) is 12.6. The van der Waals surface area contributed by atoms with Crippen LogP contribution in [0.5, 0.6) is 0 Å². The summed E-state index contributed by atoms with van der Waals surface area (Å²) in [5, 5.41) is 8.25. The number of nitrogens with zero attached hydrogens (tertiary/aromatic N) is 2. The lowest BCUT2D eigenvalue weighted by Crippen LogP contribution is -2.35. The second-order valence-electron chi connectivity index (χ2n) is 5.04. The summed E-state index contributed by atoms with van der Waals surface area (Å²) >= 11 is 0.773. The van der Waals surface area contributed by atoms with Crippen LogP contribution in [0.15, 0.2) is 29.2 Å². The minimum Gasteiger partial charge on any atom is -0.462 e. The number of imide groups is 1. The van der Waals surface area contributed by atoms with E-state index >= 15 is 0 Å². The standard InChI is InChI=1S/C16H14N2O4S/c1-10(2)22-14(19)9-18-15(20)13(23-16(18)21)7-11-3-5-12(8-17)6-4-11/h3-7,10H,9H2,1-2H3/b13-7+. The lowest BCUT2D eigenvalue weighted by Gasteiger charge is -2.13. The topological polar surface area (TPSA) is 87.5 Å².